The van der Waals surface area contributed by atoms with Crippen LogP contribution in [0.15, 0.2) is 24.3 Å². The molecule has 0 heterocycles. The second-order valence-corrected chi connectivity index (χ2v) is 5.36. The molecule has 1 unspecified atom stereocenters. The monoisotopic (exact) mass is 293 g/mol. The standard InChI is InChI=1S/C16H27N3O2/c1-13-5-7-14(8-6-13)15(19(2)3)11-18-16(20)12-17-9-10-21-4/h5-8,15,17H,9-12H2,1-4H3,(H,18,20). The van der Waals surface area contributed by atoms with Crippen LogP contribution in [-0.4, -0.2) is 58.3 Å². The summed E-state index contributed by atoms with van der Waals surface area (Å²) in [5, 5.41) is 6.01. The minimum atomic E-state index is 0.00469. The van der Waals surface area contributed by atoms with E-state index >= 15 is 0 Å². The Bertz CT molecular complexity index is 418. The Hall–Kier alpha value is -1.43. The minimum Gasteiger partial charge on any atom is -0.383 e. The number of hydrogen-bond donors (Lipinski definition) is 2. The number of carbonyl (C=O) groups is 1. The van der Waals surface area contributed by atoms with E-state index in [-0.39, 0.29) is 11.9 Å². The zero-order chi connectivity index (χ0) is 15.7. The van der Waals surface area contributed by atoms with Crippen LogP contribution in [0.3, 0.4) is 0 Å². The summed E-state index contributed by atoms with van der Waals surface area (Å²) in [4.78, 5) is 13.9. The van der Waals surface area contributed by atoms with Crippen molar-refractivity contribution in [2.24, 2.45) is 0 Å². The highest BCUT2D eigenvalue weighted by atomic mass is 16.5. The van der Waals surface area contributed by atoms with Crippen LogP contribution in [0.5, 0.6) is 0 Å². The maximum absolute atomic E-state index is 11.8. The number of methoxy groups -OCH3 is 1. The van der Waals surface area contributed by atoms with Crippen molar-refractivity contribution in [3.05, 3.63) is 35.4 Å². The number of rotatable bonds is 9. The molecule has 0 radical (unpaired) electrons. The predicted octanol–water partition coefficient (Wildman–Crippen LogP) is 0.950. The SMILES string of the molecule is COCCNCC(=O)NCC(c1ccc(C)cc1)N(C)C. The number of ether oxygens (including phenoxy) is 1. The molecule has 1 atom stereocenters. The molecule has 2 N–H and O–H groups in total. The number of aryl methyl sites for hydroxylation is 1. The van der Waals surface area contributed by atoms with E-state index < -0.39 is 0 Å². The first-order valence-electron chi connectivity index (χ1n) is 7.24. The highest BCUT2D eigenvalue weighted by Gasteiger charge is 2.14. The van der Waals surface area contributed by atoms with Crippen LogP contribution in [0.25, 0.3) is 0 Å². The number of carbonyl (C=O) groups excluding carboxylic acids is 1. The molecule has 0 saturated carbocycles. The second-order valence-electron chi connectivity index (χ2n) is 5.36. The van der Waals surface area contributed by atoms with Crippen molar-refractivity contribution >= 4 is 5.91 Å². The Labute approximate surface area is 127 Å². The van der Waals surface area contributed by atoms with E-state index in [0.717, 1.165) is 0 Å². The molecule has 118 valence electrons. The summed E-state index contributed by atoms with van der Waals surface area (Å²) in [6.45, 7) is 4.27. The van der Waals surface area contributed by atoms with Crippen LogP contribution < -0.4 is 10.6 Å². The first-order valence-corrected chi connectivity index (χ1v) is 7.24. The molecule has 1 rings (SSSR count). The van der Waals surface area contributed by atoms with Crippen LogP contribution >= 0.6 is 0 Å². The summed E-state index contributed by atoms with van der Waals surface area (Å²) < 4.78 is 4.92. The van der Waals surface area contributed by atoms with Gasteiger partial charge in [0.1, 0.15) is 0 Å². The molecule has 1 aromatic carbocycles. The average molecular weight is 293 g/mol. The lowest BCUT2D eigenvalue weighted by Crippen LogP contribution is -2.39. The van der Waals surface area contributed by atoms with Crippen LogP contribution in [0.2, 0.25) is 0 Å². The average Bonchev–Trinajstić information content (AvgIpc) is 2.45. The molecule has 0 aliphatic heterocycles. The van der Waals surface area contributed by atoms with E-state index in [2.05, 4.69) is 46.7 Å². The minimum absolute atomic E-state index is 0.00469. The Balaban J connectivity index is 2.44. The Morgan fingerprint density at radius 2 is 1.95 bits per heavy atom. The van der Waals surface area contributed by atoms with Crippen LogP contribution in [-0.2, 0) is 9.53 Å². The molecule has 0 spiro atoms. The topological polar surface area (TPSA) is 53.6 Å². The molecule has 0 bridgehead atoms. The fourth-order valence-electron chi connectivity index (χ4n) is 2.04. The first-order chi connectivity index (χ1) is 10.0. The number of benzene rings is 1. The number of amides is 1. The number of hydrogen-bond acceptors (Lipinski definition) is 4. The molecular formula is C16H27N3O2. The third-order valence-electron chi connectivity index (χ3n) is 3.35. The Kier molecular flexibility index (Phi) is 7.97. The third kappa shape index (κ3) is 6.71. The Morgan fingerprint density at radius 3 is 2.52 bits per heavy atom. The van der Waals surface area contributed by atoms with Gasteiger partial charge in [-0.25, -0.2) is 0 Å². The highest BCUT2D eigenvalue weighted by molar-refractivity contribution is 5.78. The molecule has 1 aromatic rings. The van der Waals surface area contributed by atoms with Crippen molar-refractivity contribution in [3.63, 3.8) is 0 Å². The molecule has 0 aromatic heterocycles. The molecular weight excluding hydrogens is 266 g/mol. The summed E-state index contributed by atoms with van der Waals surface area (Å²) >= 11 is 0. The maximum atomic E-state index is 11.8. The third-order valence-corrected chi connectivity index (χ3v) is 3.35. The molecule has 21 heavy (non-hydrogen) atoms. The van der Waals surface area contributed by atoms with Crippen molar-refractivity contribution in [2.45, 2.75) is 13.0 Å². The largest absolute Gasteiger partial charge is 0.383 e. The van der Waals surface area contributed by atoms with Gasteiger partial charge in [-0.3, -0.25) is 4.79 Å². The van der Waals surface area contributed by atoms with E-state index in [9.17, 15) is 4.79 Å². The van der Waals surface area contributed by atoms with Gasteiger partial charge >= 0.3 is 0 Å². The van der Waals surface area contributed by atoms with E-state index in [4.69, 9.17) is 4.74 Å². The van der Waals surface area contributed by atoms with Gasteiger partial charge in [-0.2, -0.15) is 0 Å². The van der Waals surface area contributed by atoms with Crippen molar-refractivity contribution < 1.29 is 9.53 Å². The van der Waals surface area contributed by atoms with Crippen LogP contribution in [0, 0.1) is 6.92 Å². The summed E-state index contributed by atoms with van der Waals surface area (Å²) in [6, 6.07) is 8.60. The van der Waals surface area contributed by atoms with Crippen molar-refractivity contribution in [3.8, 4) is 0 Å². The van der Waals surface area contributed by atoms with Gasteiger partial charge in [-0.15, -0.1) is 0 Å². The lowest BCUT2D eigenvalue weighted by molar-refractivity contribution is -0.120. The number of likely N-dealkylation sites (N-methyl/N-ethyl adjacent to an activating group) is 1. The summed E-state index contributed by atoms with van der Waals surface area (Å²) in [5.74, 6) is 0.00469. The lowest BCUT2D eigenvalue weighted by Gasteiger charge is -2.25. The van der Waals surface area contributed by atoms with Gasteiger partial charge in [-0.1, -0.05) is 29.8 Å². The van der Waals surface area contributed by atoms with E-state index in [1.54, 1.807) is 7.11 Å². The van der Waals surface area contributed by atoms with Gasteiger partial charge < -0.3 is 20.3 Å². The molecule has 5 nitrogen and oxygen atoms in total. The normalized spacial score (nSPS) is 12.4. The molecule has 5 heteroatoms. The number of nitrogens with zero attached hydrogens (tertiary/aromatic N) is 1. The van der Waals surface area contributed by atoms with Gasteiger partial charge in [0.25, 0.3) is 0 Å². The zero-order valence-electron chi connectivity index (χ0n) is 13.5. The highest BCUT2D eigenvalue weighted by Crippen LogP contribution is 2.17. The first kappa shape index (κ1) is 17.6. The maximum Gasteiger partial charge on any atom is 0.234 e. The van der Waals surface area contributed by atoms with Gasteiger partial charge in [0.2, 0.25) is 5.91 Å². The summed E-state index contributed by atoms with van der Waals surface area (Å²) in [7, 11) is 5.69. The second kappa shape index (κ2) is 9.50. The van der Waals surface area contributed by atoms with Gasteiger partial charge in [0, 0.05) is 20.2 Å². The van der Waals surface area contributed by atoms with Crippen LogP contribution in [0.4, 0.5) is 0 Å². The van der Waals surface area contributed by atoms with Crippen LogP contribution in [0.1, 0.15) is 17.2 Å². The van der Waals surface area contributed by atoms with Crippen molar-refractivity contribution in [1.29, 1.82) is 0 Å². The molecule has 0 saturated heterocycles. The summed E-state index contributed by atoms with van der Waals surface area (Å²) in [6.07, 6.45) is 0. The molecule has 0 aliphatic carbocycles. The number of nitrogens with one attached hydrogen (secondary N) is 2. The zero-order valence-corrected chi connectivity index (χ0v) is 13.5. The van der Waals surface area contributed by atoms with E-state index in [1.165, 1.54) is 11.1 Å². The quantitative estimate of drug-likeness (QED) is 0.666. The predicted molar refractivity (Wildman–Crippen MR) is 85.4 cm³/mol. The van der Waals surface area contributed by atoms with Gasteiger partial charge in [0.05, 0.1) is 19.2 Å². The van der Waals surface area contributed by atoms with Gasteiger partial charge in [0.15, 0.2) is 0 Å². The Morgan fingerprint density at radius 1 is 1.29 bits per heavy atom. The molecule has 1 amide bonds. The smallest absolute Gasteiger partial charge is 0.234 e. The summed E-state index contributed by atoms with van der Waals surface area (Å²) in [5.41, 5.74) is 2.45. The molecule has 0 aliphatic rings. The van der Waals surface area contributed by atoms with Gasteiger partial charge in [-0.05, 0) is 26.6 Å². The van der Waals surface area contributed by atoms with Crippen molar-refractivity contribution in [2.75, 3.05) is 47.4 Å². The fourth-order valence-corrected chi connectivity index (χ4v) is 2.04. The lowest BCUT2D eigenvalue weighted by atomic mass is 10.0. The fraction of sp³-hybridized carbons (Fsp3) is 0.562. The van der Waals surface area contributed by atoms with Crippen molar-refractivity contribution in [1.82, 2.24) is 15.5 Å². The van der Waals surface area contributed by atoms with E-state index in [0.29, 0.717) is 26.2 Å². The van der Waals surface area contributed by atoms with E-state index in [1.807, 2.05) is 14.1 Å². The molecule has 0 fully saturated rings.